The van der Waals surface area contributed by atoms with Crippen LogP contribution < -0.4 is 5.32 Å². The number of esters is 1. The fourth-order valence-electron chi connectivity index (χ4n) is 6.05. The molecule has 1 saturated heterocycles. The maximum atomic E-state index is 14.1. The average molecular weight is 507 g/mol. The van der Waals surface area contributed by atoms with Gasteiger partial charge in [-0.2, -0.15) is 0 Å². The minimum atomic E-state index is -0.846. The summed E-state index contributed by atoms with van der Waals surface area (Å²) in [5, 5.41) is 15.5. The van der Waals surface area contributed by atoms with Crippen molar-refractivity contribution in [3.05, 3.63) is 54.6 Å². The van der Waals surface area contributed by atoms with Crippen molar-refractivity contribution in [1.82, 2.24) is 4.90 Å². The van der Waals surface area contributed by atoms with E-state index in [1.165, 1.54) is 0 Å². The average Bonchev–Trinajstić information content (AvgIpc) is 3.20. The third kappa shape index (κ3) is 5.01. The Balaban J connectivity index is 1.74. The molecule has 2 aliphatic rings. The quantitative estimate of drug-likeness (QED) is 0.388. The molecule has 198 valence electrons. The van der Waals surface area contributed by atoms with Gasteiger partial charge in [0.1, 0.15) is 6.04 Å². The van der Waals surface area contributed by atoms with Crippen LogP contribution in [-0.4, -0.2) is 53.1 Å². The molecule has 7 heteroatoms. The number of fused-ring (bicyclic) bond motifs is 2. The molecule has 0 unspecified atom stereocenters. The smallest absolute Gasteiger partial charge is 0.310 e. The third-order valence-corrected chi connectivity index (χ3v) is 8.21. The number of hydrogen-bond donors (Lipinski definition) is 2. The van der Waals surface area contributed by atoms with Gasteiger partial charge in [-0.3, -0.25) is 14.4 Å². The fraction of sp³-hybridized carbons (Fsp3) is 0.500. The van der Waals surface area contributed by atoms with Crippen LogP contribution in [0.3, 0.4) is 0 Å². The Bertz CT molecular complexity index is 1180. The number of nitrogens with zero attached hydrogens (tertiary/aromatic N) is 1. The lowest BCUT2D eigenvalue weighted by atomic mass is 9.69. The van der Waals surface area contributed by atoms with Crippen molar-refractivity contribution in [2.75, 3.05) is 18.5 Å². The van der Waals surface area contributed by atoms with Crippen LogP contribution in [0.5, 0.6) is 0 Å². The van der Waals surface area contributed by atoms with Crippen LogP contribution in [0.4, 0.5) is 5.69 Å². The molecule has 1 aliphatic carbocycles. The summed E-state index contributed by atoms with van der Waals surface area (Å²) in [6, 6.07) is 12.2. The number of likely N-dealkylation sites (tertiary alicyclic amines) is 1. The Hall–Kier alpha value is -3.19. The van der Waals surface area contributed by atoms with Crippen molar-refractivity contribution in [1.29, 1.82) is 0 Å². The monoisotopic (exact) mass is 506 g/mol. The molecule has 37 heavy (non-hydrogen) atoms. The van der Waals surface area contributed by atoms with Crippen LogP contribution >= 0.6 is 0 Å². The van der Waals surface area contributed by atoms with Crippen LogP contribution in [0.2, 0.25) is 0 Å². The zero-order valence-electron chi connectivity index (χ0n) is 22.1. The zero-order chi connectivity index (χ0) is 26.7. The Morgan fingerprint density at radius 1 is 1.08 bits per heavy atom. The van der Waals surface area contributed by atoms with E-state index in [0.717, 1.165) is 17.2 Å². The largest absolute Gasteiger partial charge is 0.466 e. The molecule has 0 saturated carbocycles. The maximum Gasteiger partial charge on any atom is 0.310 e. The molecule has 0 radical (unpaired) electrons. The molecule has 2 amide bonds. The van der Waals surface area contributed by atoms with Gasteiger partial charge in [0.05, 0.1) is 31.1 Å². The number of hydrogen-bond acceptors (Lipinski definition) is 5. The number of nitrogens with one attached hydrogen (secondary N) is 1. The number of amides is 2. The highest BCUT2D eigenvalue weighted by Gasteiger charge is 2.59. The van der Waals surface area contributed by atoms with Gasteiger partial charge in [0.25, 0.3) is 0 Å². The van der Waals surface area contributed by atoms with Crippen LogP contribution in [0.15, 0.2) is 54.6 Å². The van der Waals surface area contributed by atoms with Gasteiger partial charge in [-0.25, -0.2) is 0 Å². The van der Waals surface area contributed by atoms with E-state index in [4.69, 9.17) is 4.74 Å². The molecule has 1 aliphatic heterocycles. The molecule has 1 fully saturated rings. The molecule has 0 spiro atoms. The van der Waals surface area contributed by atoms with Crippen molar-refractivity contribution in [3.8, 4) is 0 Å². The summed E-state index contributed by atoms with van der Waals surface area (Å²) in [6.07, 6.45) is 5.31. The standard InChI is InChI=1S/C30H38N2O5/c1-5-18(4)24(17-33)32-27(28(34)31-22-14-12-20-10-8-9-11-21(20)16-22)23-15-13-19(6-2)25(26(23)29(32)35)30(36)37-7-3/h8-16,18-19,23-27,33H,5-7,17H2,1-4H3,(H,31,34)/t18-,19+,23-,24-,25+,26-,27-/m0/s1. The highest BCUT2D eigenvalue weighted by molar-refractivity contribution is 6.02. The first kappa shape index (κ1) is 26.9. The lowest BCUT2D eigenvalue weighted by Gasteiger charge is -2.36. The second kappa shape index (κ2) is 11.5. The molecule has 0 aromatic heterocycles. The van der Waals surface area contributed by atoms with Gasteiger partial charge in [-0.1, -0.05) is 69.7 Å². The normalized spacial score (nSPS) is 26.6. The van der Waals surface area contributed by atoms with Gasteiger partial charge in [0, 0.05) is 11.6 Å². The van der Waals surface area contributed by atoms with E-state index in [2.05, 4.69) is 5.32 Å². The summed E-state index contributed by atoms with van der Waals surface area (Å²) in [4.78, 5) is 42.7. The molecule has 2 aromatic rings. The fourth-order valence-corrected chi connectivity index (χ4v) is 6.05. The molecular weight excluding hydrogens is 468 g/mol. The Morgan fingerprint density at radius 3 is 2.46 bits per heavy atom. The Labute approximate surface area is 218 Å². The first-order valence-electron chi connectivity index (χ1n) is 13.4. The molecule has 4 rings (SSSR count). The maximum absolute atomic E-state index is 14.1. The van der Waals surface area contributed by atoms with Crippen molar-refractivity contribution in [2.45, 2.75) is 52.6 Å². The summed E-state index contributed by atoms with van der Waals surface area (Å²) in [7, 11) is 0. The van der Waals surface area contributed by atoms with E-state index in [9.17, 15) is 19.5 Å². The summed E-state index contributed by atoms with van der Waals surface area (Å²) < 4.78 is 5.40. The minimum absolute atomic E-state index is 0.0305. The van der Waals surface area contributed by atoms with Crippen LogP contribution in [0, 0.1) is 29.6 Å². The summed E-state index contributed by atoms with van der Waals surface area (Å²) in [6.45, 7) is 7.68. The van der Waals surface area contributed by atoms with E-state index in [1.807, 2.05) is 75.4 Å². The van der Waals surface area contributed by atoms with Gasteiger partial charge in [-0.05, 0) is 48.1 Å². The van der Waals surface area contributed by atoms with E-state index in [-0.39, 0.29) is 36.9 Å². The minimum Gasteiger partial charge on any atom is -0.466 e. The molecule has 1 heterocycles. The number of benzene rings is 2. The van der Waals surface area contributed by atoms with Crippen molar-refractivity contribution in [3.63, 3.8) is 0 Å². The lowest BCUT2D eigenvalue weighted by molar-refractivity contribution is -0.156. The van der Waals surface area contributed by atoms with Gasteiger partial charge >= 0.3 is 5.97 Å². The Kier molecular flexibility index (Phi) is 8.32. The highest BCUT2D eigenvalue weighted by Crippen LogP contribution is 2.46. The van der Waals surface area contributed by atoms with E-state index >= 15 is 0 Å². The van der Waals surface area contributed by atoms with Crippen molar-refractivity contribution in [2.24, 2.45) is 29.6 Å². The molecule has 7 atom stereocenters. The van der Waals surface area contributed by atoms with Crippen LogP contribution in [0.1, 0.15) is 40.5 Å². The number of rotatable bonds is 9. The molecule has 2 aromatic carbocycles. The molecule has 2 N–H and O–H groups in total. The number of ether oxygens (including phenoxy) is 1. The van der Waals surface area contributed by atoms with Crippen LogP contribution in [0.25, 0.3) is 10.8 Å². The van der Waals surface area contributed by atoms with Gasteiger partial charge in [0.15, 0.2) is 0 Å². The molecule has 7 nitrogen and oxygen atoms in total. The summed E-state index contributed by atoms with van der Waals surface area (Å²) in [5.41, 5.74) is 0.636. The first-order valence-corrected chi connectivity index (χ1v) is 13.4. The highest BCUT2D eigenvalue weighted by atomic mass is 16.5. The van der Waals surface area contributed by atoms with Crippen molar-refractivity contribution < 1.29 is 24.2 Å². The topological polar surface area (TPSA) is 95.9 Å². The predicted molar refractivity (Wildman–Crippen MR) is 144 cm³/mol. The SMILES string of the molecule is CCOC(=O)[C@H]1[C@H]2C(=O)N([C@@H](CO)[C@@H](C)CC)[C@H](C(=O)Nc3ccc4ccccc4c3)[C@H]2C=C[C@H]1CC. The summed E-state index contributed by atoms with van der Waals surface area (Å²) in [5.74, 6) is -3.03. The summed E-state index contributed by atoms with van der Waals surface area (Å²) >= 11 is 0. The van der Waals surface area contributed by atoms with Crippen LogP contribution in [-0.2, 0) is 19.1 Å². The number of carbonyl (C=O) groups excluding carboxylic acids is 3. The Morgan fingerprint density at radius 2 is 1.81 bits per heavy atom. The van der Waals surface area contributed by atoms with E-state index in [0.29, 0.717) is 12.1 Å². The number of carbonyl (C=O) groups is 3. The first-order chi connectivity index (χ1) is 17.9. The number of anilines is 1. The van der Waals surface area contributed by atoms with Crippen molar-refractivity contribution >= 4 is 34.2 Å². The predicted octanol–water partition coefficient (Wildman–Crippen LogP) is 4.40. The number of aliphatic hydroxyl groups excluding tert-OH is 1. The van der Waals surface area contributed by atoms with Gasteiger partial charge in [-0.15, -0.1) is 0 Å². The number of aliphatic hydroxyl groups is 1. The lowest BCUT2D eigenvalue weighted by Crippen LogP contribution is -2.52. The number of allylic oxidation sites excluding steroid dienone is 1. The second-order valence-corrected chi connectivity index (χ2v) is 10.2. The third-order valence-electron chi connectivity index (χ3n) is 8.21. The van der Waals surface area contributed by atoms with E-state index in [1.54, 1.807) is 11.8 Å². The molecule has 0 bridgehead atoms. The van der Waals surface area contributed by atoms with E-state index < -0.39 is 35.8 Å². The van der Waals surface area contributed by atoms with Gasteiger partial charge < -0.3 is 20.1 Å². The second-order valence-electron chi connectivity index (χ2n) is 10.2. The zero-order valence-corrected chi connectivity index (χ0v) is 22.1. The van der Waals surface area contributed by atoms with Gasteiger partial charge in [0.2, 0.25) is 11.8 Å². The molecular formula is C30H38N2O5.